The Balaban J connectivity index is 1.09. The van der Waals surface area contributed by atoms with Gasteiger partial charge in [-0.05, 0) is 48.2 Å². The molecule has 0 aliphatic carbocycles. The van der Waals surface area contributed by atoms with Gasteiger partial charge in [0.1, 0.15) is 5.75 Å². The Kier molecular flexibility index (Phi) is 8.42. The molecule has 38 heavy (non-hydrogen) atoms. The largest absolute Gasteiger partial charge is 0.497 e. The van der Waals surface area contributed by atoms with Gasteiger partial charge in [0, 0.05) is 71.1 Å². The molecule has 1 amide bonds. The monoisotopic (exact) mass is 511 g/mol. The van der Waals surface area contributed by atoms with Crippen molar-refractivity contribution in [2.45, 2.75) is 32.0 Å². The Bertz CT molecular complexity index is 1180. The summed E-state index contributed by atoms with van der Waals surface area (Å²) in [5.74, 6) is 1.04. The quantitative estimate of drug-likeness (QED) is 0.566. The topological polar surface area (TPSA) is 63.1 Å². The second kappa shape index (κ2) is 12.3. The van der Waals surface area contributed by atoms with Gasteiger partial charge in [-0.2, -0.15) is 5.26 Å². The van der Waals surface area contributed by atoms with Gasteiger partial charge in [0.15, 0.2) is 0 Å². The van der Waals surface area contributed by atoms with E-state index in [9.17, 15) is 4.79 Å². The number of piperidine rings is 1. The van der Waals surface area contributed by atoms with Crippen molar-refractivity contribution in [3.63, 3.8) is 0 Å². The number of likely N-dealkylation sites (tertiary alicyclic amines) is 1. The Morgan fingerprint density at radius 2 is 1.50 bits per heavy atom. The lowest BCUT2D eigenvalue weighted by molar-refractivity contribution is -0.128. The van der Waals surface area contributed by atoms with Gasteiger partial charge < -0.3 is 14.5 Å². The van der Waals surface area contributed by atoms with Crippen LogP contribution in [0.1, 0.15) is 29.5 Å². The molecular weight excluding hydrogens is 474 g/mol. The molecule has 0 atom stereocenters. The average Bonchev–Trinajstić information content (AvgIpc) is 2.98. The van der Waals surface area contributed by atoms with Gasteiger partial charge in [-0.25, -0.2) is 0 Å². The minimum Gasteiger partial charge on any atom is -0.497 e. The average molecular weight is 512 g/mol. The zero-order valence-electron chi connectivity index (χ0n) is 22.3. The van der Waals surface area contributed by atoms with Gasteiger partial charge in [0.2, 0.25) is 0 Å². The number of piperazine rings is 1. The molecule has 0 N–H and O–H groups in total. The Morgan fingerprint density at radius 3 is 2.11 bits per heavy atom. The molecular formula is C31H37N5O2. The number of benzene rings is 2. The molecule has 0 saturated carbocycles. The van der Waals surface area contributed by atoms with Crippen molar-refractivity contribution in [1.82, 2.24) is 19.6 Å². The zero-order chi connectivity index (χ0) is 26.3. The van der Waals surface area contributed by atoms with Crippen molar-refractivity contribution in [1.29, 1.82) is 5.26 Å². The first-order valence-electron chi connectivity index (χ1n) is 13.6. The molecule has 7 heteroatoms. The standard InChI is InChI=1S/C31H37N5O2/c1-38-30-10-8-27(9-11-30)22-33-15-12-29(13-16-33)36-14-2-3-28(24-36)31(37)35-19-17-34(18-20-35)23-26-6-4-25(21-32)5-7-26/h2-11,24,29H,12-20,22-23H2,1H3. The molecule has 7 nitrogen and oxygen atoms in total. The second-order valence-electron chi connectivity index (χ2n) is 10.4. The summed E-state index contributed by atoms with van der Waals surface area (Å²) >= 11 is 0. The highest BCUT2D eigenvalue weighted by atomic mass is 16.5. The van der Waals surface area contributed by atoms with E-state index in [1.165, 1.54) is 11.1 Å². The summed E-state index contributed by atoms with van der Waals surface area (Å²) in [6, 6.07) is 18.8. The fourth-order valence-corrected chi connectivity index (χ4v) is 5.59. The van der Waals surface area contributed by atoms with Crippen LogP contribution in [0.25, 0.3) is 0 Å². The molecule has 2 saturated heterocycles. The van der Waals surface area contributed by atoms with Gasteiger partial charge in [0.05, 0.1) is 24.3 Å². The van der Waals surface area contributed by atoms with E-state index in [-0.39, 0.29) is 5.91 Å². The van der Waals surface area contributed by atoms with Crippen LogP contribution in [0.4, 0.5) is 0 Å². The van der Waals surface area contributed by atoms with E-state index < -0.39 is 0 Å². The van der Waals surface area contributed by atoms with Gasteiger partial charge in [-0.1, -0.05) is 36.4 Å². The van der Waals surface area contributed by atoms with Crippen LogP contribution in [0.3, 0.4) is 0 Å². The van der Waals surface area contributed by atoms with Crippen LogP contribution in [-0.2, 0) is 17.9 Å². The number of rotatable bonds is 7. The summed E-state index contributed by atoms with van der Waals surface area (Å²) in [7, 11) is 1.70. The molecule has 0 spiro atoms. The van der Waals surface area contributed by atoms with Crippen LogP contribution in [0.15, 0.2) is 72.5 Å². The van der Waals surface area contributed by atoms with E-state index >= 15 is 0 Å². The van der Waals surface area contributed by atoms with Crippen molar-refractivity contribution in [2.24, 2.45) is 0 Å². The molecule has 3 aliphatic rings. The number of carbonyl (C=O) groups is 1. The van der Waals surface area contributed by atoms with Crippen LogP contribution in [0.5, 0.6) is 5.75 Å². The van der Waals surface area contributed by atoms with Gasteiger partial charge in [-0.3, -0.25) is 14.6 Å². The number of nitriles is 1. The zero-order valence-corrected chi connectivity index (χ0v) is 22.3. The van der Waals surface area contributed by atoms with Gasteiger partial charge >= 0.3 is 0 Å². The molecule has 3 aliphatic heterocycles. The lowest BCUT2D eigenvalue weighted by Crippen LogP contribution is -2.49. The van der Waals surface area contributed by atoms with E-state index in [0.29, 0.717) is 11.6 Å². The smallest absolute Gasteiger partial charge is 0.255 e. The number of hydrogen-bond acceptors (Lipinski definition) is 6. The van der Waals surface area contributed by atoms with Gasteiger partial charge in [0.25, 0.3) is 5.91 Å². The normalized spacial score (nSPS) is 19.2. The first-order valence-corrected chi connectivity index (χ1v) is 13.6. The summed E-state index contributed by atoms with van der Waals surface area (Å²) in [6.45, 7) is 8.02. The van der Waals surface area contributed by atoms with Crippen LogP contribution < -0.4 is 4.74 Å². The highest BCUT2D eigenvalue weighted by Crippen LogP contribution is 2.23. The molecule has 5 rings (SSSR count). The number of amides is 1. The van der Waals surface area contributed by atoms with Crippen molar-refractivity contribution >= 4 is 5.91 Å². The van der Waals surface area contributed by atoms with Crippen molar-refractivity contribution in [3.05, 3.63) is 89.1 Å². The van der Waals surface area contributed by atoms with Crippen LogP contribution in [0, 0.1) is 11.3 Å². The third kappa shape index (κ3) is 6.45. The van der Waals surface area contributed by atoms with E-state index in [1.807, 2.05) is 47.4 Å². The molecule has 0 radical (unpaired) electrons. The Morgan fingerprint density at radius 1 is 0.895 bits per heavy atom. The van der Waals surface area contributed by atoms with Crippen LogP contribution in [0.2, 0.25) is 0 Å². The summed E-state index contributed by atoms with van der Waals surface area (Å²) in [4.78, 5) is 22.6. The van der Waals surface area contributed by atoms with E-state index in [4.69, 9.17) is 10.00 Å². The number of ether oxygens (including phenoxy) is 1. The summed E-state index contributed by atoms with van der Waals surface area (Å²) in [6.07, 6.45) is 8.46. The Hall–Kier alpha value is -3.60. The molecule has 3 heterocycles. The first-order chi connectivity index (χ1) is 18.6. The summed E-state index contributed by atoms with van der Waals surface area (Å²) in [5, 5.41) is 8.99. The fourth-order valence-electron chi connectivity index (χ4n) is 5.59. The molecule has 0 aromatic heterocycles. The highest BCUT2D eigenvalue weighted by Gasteiger charge is 2.27. The summed E-state index contributed by atoms with van der Waals surface area (Å²) < 4.78 is 5.27. The van der Waals surface area contributed by atoms with Crippen molar-refractivity contribution < 1.29 is 9.53 Å². The SMILES string of the molecule is COc1ccc(CN2CCC(N3C=C(C(=O)N4CCN(Cc5ccc(C#N)cc5)CC4)C=CC3)CC2)cc1. The maximum absolute atomic E-state index is 13.3. The van der Waals surface area contributed by atoms with E-state index in [1.54, 1.807) is 7.11 Å². The molecule has 2 fully saturated rings. The van der Waals surface area contributed by atoms with Crippen molar-refractivity contribution in [2.75, 3.05) is 52.9 Å². The van der Waals surface area contributed by atoms with E-state index in [2.05, 4.69) is 45.2 Å². The third-order valence-corrected chi connectivity index (χ3v) is 7.91. The first kappa shape index (κ1) is 26.0. The van der Waals surface area contributed by atoms with Gasteiger partial charge in [-0.15, -0.1) is 0 Å². The van der Waals surface area contributed by atoms with E-state index in [0.717, 1.165) is 83.1 Å². The Labute approximate surface area is 226 Å². The number of nitrogens with zero attached hydrogens (tertiary/aromatic N) is 5. The van der Waals surface area contributed by atoms with Crippen molar-refractivity contribution in [3.8, 4) is 11.8 Å². The molecule has 2 aromatic carbocycles. The number of carbonyl (C=O) groups excluding carboxylic acids is 1. The van der Waals surface area contributed by atoms with Crippen LogP contribution >= 0.6 is 0 Å². The predicted octanol–water partition coefficient (Wildman–Crippen LogP) is 3.63. The fraction of sp³-hybridized carbons (Fsp3) is 0.419. The molecule has 198 valence electrons. The highest BCUT2D eigenvalue weighted by molar-refractivity contribution is 5.96. The maximum atomic E-state index is 13.3. The minimum absolute atomic E-state index is 0.140. The molecule has 0 bridgehead atoms. The lowest BCUT2D eigenvalue weighted by atomic mass is 10.0. The van der Waals surface area contributed by atoms with Crippen LogP contribution in [-0.4, -0.2) is 84.5 Å². The number of hydrogen-bond donors (Lipinski definition) is 0. The second-order valence-corrected chi connectivity index (χ2v) is 10.4. The lowest BCUT2D eigenvalue weighted by Gasteiger charge is -2.39. The molecule has 2 aromatic rings. The predicted molar refractivity (Wildman–Crippen MR) is 148 cm³/mol. The maximum Gasteiger partial charge on any atom is 0.255 e. The summed E-state index contributed by atoms with van der Waals surface area (Å²) in [5.41, 5.74) is 4.01. The number of methoxy groups -OCH3 is 1. The third-order valence-electron chi connectivity index (χ3n) is 7.91. The minimum atomic E-state index is 0.140. The molecule has 0 unspecified atom stereocenters.